The first-order valence-corrected chi connectivity index (χ1v) is 18.8. The van der Waals surface area contributed by atoms with Crippen LogP contribution in [0.2, 0.25) is 0 Å². The first-order valence-electron chi connectivity index (χ1n) is 17.2. The molecule has 0 bridgehead atoms. The molecule has 22 heteroatoms. The van der Waals surface area contributed by atoms with Crippen LogP contribution in [0.3, 0.4) is 0 Å². The van der Waals surface area contributed by atoms with Crippen LogP contribution in [-0.2, 0) is 27.2 Å². The fourth-order valence-corrected chi connectivity index (χ4v) is 7.11. The quantitative estimate of drug-likeness (QED) is 0.0323. The Kier molecular flexibility index (Phi) is 16.5. The lowest BCUT2D eigenvalue weighted by Crippen LogP contribution is -2.53. The van der Waals surface area contributed by atoms with Crippen molar-refractivity contribution in [2.45, 2.75) is 43.6 Å². The molecule has 0 atom stereocenters. The number of fused-ring (bicyclic) bond motifs is 2. The summed E-state index contributed by atoms with van der Waals surface area (Å²) in [5.74, 6) is -5.82. The number of carbonyl (C=O) groups is 4. The minimum atomic E-state index is -5.08. The van der Waals surface area contributed by atoms with Crippen molar-refractivity contribution >= 4 is 89.2 Å². The molecule has 318 valence electrons. The van der Waals surface area contributed by atoms with Gasteiger partial charge in [0.2, 0.25) is 0 Å². The van der Waals surface area contributed by atoms with Crippen molar-refractivity contribution in [1.82, 2.24) is 9.80 Å². The van der Waals surface area contributed by atoms with E-state index >= 15 is 0 Å². The minimum absolute atomic E-state index is 0.0193. The lowest BCUT2D eigenvalue weighted by atomic mass is 9.80. The van der Waals surface area contributed by atoms with E-state index in [1.165, 1.54) is 4.90 Å². The molecule has 59 heavy (non-hydrogen) atoms. The van der Waals surface area contributed by atoms with E-state index < -0.39 is 29.8 Å². The Labute approximate surface area is 349 Å². The second-order valence-electron chi connectivity index (χ2n) is 12.7. The van der Waals surface area contributed by atoms with Crippen LogP contribution in [0.4, 0.5) is 31.1 Å². The lowest BCUT2D eigenvalue weighted by molar-refractivity contribution is -0.193. The highest BCUT2D eigenvalue weighted by atomic mass is 79.9. The second kappa shape index (κ2) is 20.4. The van der Waals surface area contributed by atoms with Crippen molar-refractivity contribution in [3.63, 3.8) is 0 Å². The van der Waals surface area contributed by atoms with E-state index in [1.807, 2.05) is 60.7 Å². The number of hydrogen-bond donors (Lipinski definition) is 6. The smallest absolute Gasteiger partial charge is 0.475 e. The van der Waals surface area contributed by atoms with Gasteiger partial charge in [0.05, 0.1) is 0 Å². The van der Waals surface area contributed by atoms with Gasteiger partial charge in [0.25, 0.3) is 5.91 Å². The number of nitrogens with zero attached hydrogens (tertiary/aromatic N) is 4. The standard InChI is InChI=1S/C33H36Br2N8O2.2C2HF3O2/c34-27-13-11-21(23-7-1-3-9-25(23)27)19-33(20-22-12-14-28(35)26-10-4-2-8-24(22)26)29(44)42(17-5-15-40-30(36)37)32(45)43(33)18-6-16-41-31(38)39;2*3-2(4,5)1(6)7/h1-4,7-14H,5-6,15-20H2,(H4,36,37,40)(H4,38,39,41);2*(H,6,7). The summed E-state index contributed by atoms with van der Waals surface area (Å²) < 4.78 is 65.4. The van der Waals surface area contributed by atoms with Crippen LogP contribution in [0, 0.1) is 0 Å². The molecular weight excluding hydrogens is 926 g/mol. The number of hydrogen-bond acceptors (Lipinski definition) is 6. The molecule has 5 rings (SSSR count). The number of nitrogens with two attached hydrogens (primary N) is 4. The van der Waals surface area contributed by atoms with Crippen molar-refractivity contribution in [2.75, 3.05) is 26.2 Å². The van der Waals surface area contributed by atoms with Crippen LogP contribution < -0.4 is 22.9 Å². The van der Waals surface area contributed by atoms with Gasteiger partial charge in [-0.2, -0.15) is 26.3 Å². The second-order valence-corrected chi connectivity index (χ2v) is 14.4. The summed E-state index contributed by atoms with van der Waals surface area (Å²) in [7, 11) is 0. The third kappa shape index (κ3) is 12.7. The average molecular weight is 965 g/mol. The highest BCUT2D eigenvalue weighted by molar-refractivity contribution is 9.11. The summed E-state index contributed by atoms with van der Waals surface area (Å²) in [5, 5.41) is 18.3. The van der Waals surface area contributed by atoms with Crippen LogP contribution in [0.25, 0.3) is 21.5 Å². The Hall–Kier alpha value is -5.64. The lowest BCUT2D eigenvalue weighted by Gasteiger charge is -2.36. The number of aliphatic imine (C=N–C) groups is 2. The van der Waals surface area contributed by atoms with Crippen LogP contribution in [0.5, 0.6) is 0 Å². The van der Waals surface area contributed by atoms with Gasteiger partial charge in [0, 0.05) is 48.0 Å². The molecule has 3 amide bonds. The van der Waals surface area contributed by atoms with Gasteiger partial charge >= 0.3 is 30.3 Å². The van der Waals surface area contributed by atoms with Crippen LogP contribution in [0.15, 0.2) is 91.7 Å². The Morgan fingerprint density at radius 3 is 1.34 bits per heavy atom. The number of alkyl halides is 6. The number of urea groups is 1. The fourth-order valence-electron chi connectivity index (χ4n) is 6.16. The molecule has 14 nitrogen and oxygen atoms in total. The third-order valence-electron chi connectivity index (χ3n) is 8.66. The molecule has 0 spiro atoms. The van der Waals surface area contributed by atoms with E-state index in [1.54, 1.807) is 4.90 Å². The summed E-state index contributed by atoms with van der Waals surface area (Å²) >= 11 is 7.36. The summed E-state index contributed by atoms with van der Waals surface area (Å²) in [5.41, 5.74) is 22.9. The highest BCUT2D eigenvalue weighted by Gasteiger charge is 2.57. The predicted molar refractivity (Wildman–Crippen MR) is 215 cm³/mol. The molecule has 1 saturated heterocycles. The summed E-state index contributed by atoms with van der Waals surface area (Å²) in [6.07, 6.45) is -8.65. The van der Waals surface area contributed by atoms with Gasteiger partial charge < -0.3 is 38.0 Å². The maximum Gasteiger partial charge on any atom is 0.490 e. The summed E-state index contributed by atoms with van der Waals surface area (Å²) in [4.78, 5) is 58.1. The van der Waals surface area contributed by atoms with Gasteiger partial charge in [0.1, 0.15) is 5.54 Å². The van der Waals surface area contributed by atoms with Crippen LogP contribution in [0.1, 0.15) is 24.0 Å². The molecule has 1 aliphatic rings. The molecule has 0 aromatic heterocycles. The van der Waals surface area contributed by atoms with Crippen molar-refractivity contribution in [3.8, 4) is 0 Å². The van der Waals surface area contributed by atoms with E-state index in [4.69, 9.17) is 42.7 Å². The zero-order valence-electron chi connectivity index (χ0n) is 30.7. The number of aliphatic carboxylic acids is 2. The van der Waals surface area contributed by atoms with Gasteiger partial charge in [-0.15, -0.1) is 0 Å². The minimum Gasteiger partial charge on any atom is -0.475 e. The van der Waals surface area contributed by atoms with Crippen molar-refractivity contribution in [3.05, 3.63) is 92.9 Å². The predicted octanol–water partition coefficient (Wildman–Crippen LogP) is 5.90. The van der Waals surface area contributed by atoms with E-state index in [0.717, 1.165) is 41.6 Å². The molecule has 0 saturated carbocycles. The first-order chi connectivity index (χ1) is 27.5. The Morgan fingerprint density at radius 2 is 0.983 bits per heavy atom. The Balaban J connectivity index is 0.000000569. The number of imide groups is 1. The van der Waals surface area contributed by atoms with E-state index in [0.29, 0.717) is 38.8 Å². The molecule has 0 unspecified atom stereocenters. The largest absolute Gasteiger partial charge is 0.490 e. The van der Waals surface area contributed by atoms with E-state index in [9.17, 15) is 35.9 Å². The molecule has 10 N–H and O–H groups in total. The number of carboxylic acids is 2. The fraction of sp³-hybridized carbons (Fsp3) is 0.297. The van der Waals surface area contributed by atoms with Crippen LogP contribution >= 0.6 is 31.9 Å². The topological polar surface area (TPSA) is 244 Å². The van der Waals surface area contributed by atoms with Gasteiger partial charge in [-0.3, -0.25) is 19.7 Å². The van der Waals surface area contributed by atoms with Gasteiger partial charge in [-0.1, -0.05) is 92.5 Å². The molecule has 0 aliphatic carbocycles. The van der Waals surface area contributed by atoms with Crippen molar-refractivity contribution < 1.29 is 55.7 Å². The zero-order chi connectivity index (χ0) is 44.3. The number of rotatable bonds is 12. The average Bonchev–Trinajstić information content (AvgIpc) is 3.34. The van der Waals surface area contributed by atoms with E-state index in [-0.39, 0.29) is 36.9 Å². The molecular formula is C37H38Br2F6N8O6. The zero-order valence-corrected chi connectivity index (χ0v) is 33.9. The maximum absolute atomic E-state index is 14.8. The molecule has 0 radical (unpaired) electrons. The number of benzene rings is 4. The monoisotopic (exact) mass is 962 g/mol. The summed E-state index contributed by atoms with van der Waals surface area (Å²) in [6.45, 7) is 1.09. The highest BCUT2D eigenvalue weighted by Crippen LogP contribution is 2.40. The van der Waals surface area contributed by atoms with Gasteiger partial charge in [0.15, 0.2) is 11.9 Å². The van der Waals surface area contributed by atoms with E-state index in [2.05, 4.69) is 54.0 Å². The molecule has 1 fully saturated rings. The Bertz CT molecular complexity index is 2120. The third-order valence-corrected chi connectivity index (χ3v) is 10.0. The number of amides is 3. The number of carbonyl (C=O) groups excluding carboxylic acids is 2. The normalized spacial score (nSPS) is 13.6. The molecule has 4 aromatic carbocycles. The van der Waals surface area contributed by atoms with Crippen LogP contribution in [-0.4, -0.2) is 99.9 Å². The van der Waals surface area contributed by atoms with Crippen molar-refractivity contribution in [2.24, 2.45) is 32.9 Å². The number of carboxylic acid groups (broad SMARTS) is 2. The first kappa shape index (κ1) is 47.7. The summed E-state index contributed by atoms with van der Waals surface area (Å²) in [6, 6.07) is 23.8. The number of guanidine groups is 2. The molecule has 1 aliphatic heterocycles. The van der Waals surface area contributed by atoms with Crippen molar-refractivity contribution in [1.29, 1.82) is 0 Å². The maximum atomic E-state index is 14.8. The molecule has 1 heterocycles. The van der Waals surface area contributed by atoms with Gasteiger partial charge in [-0.25, -0.2) is 14.4 Å². The number of halogens is 8. The SMILES string of the molecule is NC(N)=NCCCN1C(=O)N(CCCN=C(N)N)C(Cc2ccc(Br)c3ccccc23)(Cc2ccc(Br)c3ccccc23)C1=O.O=C(O)C(F)(F)F.O=C(O)C(F)(F)F. The van der Waals surface area contributed by atoms with Gasteiger partial charge in [-0.05, 0) is 57.6 Å². The molecule has 4 aromatic rings. The Morgan fingerprint density at radius 1 is 0.627 bits per heavy atom.